The van der Waals surface area contributed by atoms with Crippen molar-refractivity contribution in [2.24, 2.45) is 0 Å². The molecule has 2 amide bonds. The summed E-state index contributed by atoms with van der Waals surface area (Å²) in [6, 6.07) is 4.87. The van der Waals surface area contributed by atoms with E-state index in [0.717, 1.165) is 6.42 Å². The van der Waals surface area contributed by atoms with Crippen LogP contribution in [-0.4, -0.2) is 29.8 Å². The zero-order valence-corrected chi connectivity index (χ0v) is 10.9. The van der Waals surface area contributed by atoms with Crippen LogP contribution in [0.25, 0.3) is 0 Å². The molecule has 1 fully saturated rings. The van der Waals surface area contributed by atoms with Crippen LogP contribution >= 0.6 is 0 Å². The van der Waals surface area contributed by atoms with E-state index in [9.17, 15) is 14.0 Å². The Hall–Kier alpha value is -1.91. The molecule has 0 aromatic heterocycles. The number of carbonyl (C=O) groups is 2. The lowest BCUT2D eigenvalue weighted by Gasteiger charge is -2.15. The number of nitrogens with zero attached hydrogens (tertiary/aromatic N) is 1. The monoisotopic (exact) mass is 264 g/mol. The van der Waals surface area contributed by atoms with Crippen LogP contribution in [0.5, 0.6) is 0 Å². The number of likely N-dealkylation sites (tertiary alicyclic amines) is 1. The minimum atomic E-state index is -0.276. The van der Waals surface area contributed by atoms with Crippen LogP contribution in [0.1, 0.15) is 24.0 Å². The van der Waals surface area contributed by atoms with Crippen LogP contribution in [0, 0.1) is 12.7 Å². The van der Waals surface area contributed by atoms with Crippen molar-refractivity contribution in [1.82, 2.24) is 10.2 Å². The summed E-state index contributed by atoms with van der Waals surface area (Å²) in [5.41, 5.74) is 1.29. The molecule has 1 aliphatic rings. The molecular formula is C14H17FN2O2. The number of benzene rings is 1. The van der Waals surface area contributed by atoms with Crippen molar-refractivity contribution < 1.29 is 14.0 Å². The van der Waals surface area contributed by atoms with Gasteiger partial charge in [0, 0.05) is 19.5 Å². The maximum Gasteiger partial charge on any atom is 0.239 e. The van der Waals surface area contributed by atoms with Crippen molar-refractivity contribution >= 4 is 11.8 Å². The van der Waals surface area contributed by atoms with Gasteiger partial charge in [-0.05, 0) is 30.5 Å². The Morgan fingerprint density at radius 1 is 1.47 bits per heavy atom. The van der Waals surface area contributed by atoms with Gasteiger partial charge >= 0.3 is 0 Å². The molecule has 0 spiro atoms. The van der Waals surface area contributed by atoms with Crippen molar-refractivity contribution in [3.05, 3.63) is 35.1 Å². The molecule has 1 N–H and O–H groups in total. The van der Waals surface area contributed by atoms with Crippen molar-refractivity contribution in [2.45, 2.75) is 26.3 Å². The second kappa shape index (κ2) is 5.82. The number of amides is 2. The summed E-state index contributed by atoms with van der Waals surface area (Å²) < 4.78 is 13.3. The largest absolute Gasteiger partial charge is 0.350 e. The summed E-state index contributed by atoms with van der Waals surface area (Å²) in [6.45, 7) is 2.70. The number of carbonyl (C=O) groups excluding carboxylic acids is 2. The highest BCUT2D eigenvalue weighted by Crippen LogP contribution is 2.10. The maximum absolute atomic E-state index is 13.3. The summed E-state index contributed by atoms with van der Waals surface area (Å²) in [4.78, 5) is 24.6. The molecule has 0 aliphatic carbocycles. The average Bonchev–Trinajstić information content (AvgIpc) is 2.77. The number of aryl methyl sites for hydroxylation is 1. The van der Waals surface area contributed by atoms with Crippen LogP contribution in [0.15, 0.2) is 18.2 Å². The SMILES string of the molecule is Cc1ccc(CNC(=O)CN2CCCC2=O)cc1F. The van der Waals surface area contributed by atoms with Crippen LogP contribution in [0.2, 0.25) is 0 Å². The van der Waals surface area contributed by atoms with E-state index in [2.05, 4.69) is 5.32 Å². The van der Waals surface area contributed by atoms with E-state index >= 15 is 0 Å². The molecule has 4 nitrogen and oxygen atoms in total. The quantitative estimate of drug-likeness (QED) is 0.893. The summed E-state index contributed by atoms with van der Waals surface area (Å²) in [6.07, 6.45) is 1.34. The van der Waals surface area contributed by atoms with Crippen LogP contribution in [0.3, 0.4) is 0 Å². The molecule has 19 heavy (non-hydrogen) atoms. The Morgan fingerprint density at radius 2 is 2.26 bits per heavy atom. The van der Waals surface area contributed by atoms with Crippen molar-refractivity contribution in [2.75, 3.05) is 13.1 Å². The van der Waals surface area contributed by atoms with Crippen LogP contribution in [0.4, 0.5) is 4.39 Å². The van der Waals surface area contributed by atoms with E-state index in [1.165, 1.54) is 6.07 Å². The van der Waals surface area contributed by atoms with Gasteiger partial charge in [0.05, 0.1) is 6.54 Å². The average molecular weight is 264 g/mol. The standard InChI is InChI=1S/C14H17FN2O2/c1-10-4-5-11(7-12(10)15)8-16-13(18)9-17-6-2-3-14(17)19/h4-5,7H,2-3,6,8-9H2,1H3,(H,16,18). The van der Waals surface area contributed by atoms with E-state index < -0.39 is 0 Å². The first kappa shape index (κ1) is 13.5. The zero-order chi connectivity index (χ0) is 13.8. The molecule has 0 radical (unpaired) electrons. The van der Waals surface area contributed by atoms with Gasteiger partial charge in [-0.2, -0.15) is 0 Å². The van der Waals surface area contributed by atoms with Crippen molar-refractivity contribution in [1.29, 1.82) is 0 Å². The van der Waals surface area contributed by atoms with Gasteiger partial charge in [0.1, 0.15) is 5.82 Å². The smallest absolute Gasteiger partial charge is 0.239 e. The van der Waals surface area contributed by atoms with E-state index in [0.29, 0.717) is 24.1 Å². The molecule has 1 saturated heterocycles. The predicted octanol–water partition coefficient (Wildman–Crippen LogP) is 1.37. The normalized spacial score (nSPS) is 14.8. The first-order chi connectivity index (χ1) is 9.06. The van der Waals surface area contributed by atoms with Crippen LogP contribution < -0.4 is 5.32 Å². The van der Waals surface area contributed by atoms with E-state index in [1.54, 1.807) is 24.0 Å². The Bertz CT molecular complexity index is 502. The Kier molecular flexibility index (Phi) is 4.14. The highest BCUT2D eigenvalue weighted by molar-refractivity contribution is 5.85. The second-order valence-electron chi connectivity index (χ2n) is 4.78. The van der Waals surface area contributed by atoms with Crippen LogP contribution in [-0.2, 0) is 16.1 Å². The highest BCUT2D eigenvalue weighted by atomic mass is 19.1. The lowest BCUT2D eigenvalue weighted by molar-refractivity contribution is -0.133. The molecule has 5 heteroatoms. The lowest BCUT2D eigenvalue weighted by atomic mass is 10.1. The van der Waals surface area contributed by atoms with Gasteiger partial charge < -0.3 is 10.2 Å². The molecule has 0 bridgehead atoms. The van der Waals surface area contributed by atoms with Gasteiger partial charge in [-0.3, -0.25) is 9.59 Å². The van der Waals surface area contributed by atoms with E-state index in [1.807, 2.05) is 0 Å². The predicted molar refractivity (Wildman–Crippen MR) is 68.8 cm³/mol. The minimum absolute atomic E-state index is 0.0246. The molecule has 0 unspecified atom stereocenters. The Labute approximate surface area is 111 Å². The Morgan fingerprint density at radius 3 is 2.89 bits per heavy atom. The van der Waals surface area contributed by atoms with Crippen molar-refractivity contribution in [3.8, 4) is 0 Å². The van der Waals surface area contributed by atoms with Crippen molar-refractivity contribution in [3.63, 3.8) is 0 Å². The molecular weight excluding hydrogens is 247 g/mol. The molecule has 0 atom stereocenters. The second-order valence-corrected chi connectivity index (χ2v) is 4.78. The number of rotatable bonds is 4. The molecule has 1 aromatic rings. The highest BCUT2D eigenvalue weighted by Gasteiger charge is 2.21. The number of nitrogens with one attached hydrogen (secondary N) is 1. The van der Waals surface area contributed by atoms with Gasteiger partial charge in [0.2, 0.25) is 11.8 Å². The molecule has 1 aromatic carbocycles. The van der Waals surface area contributed by atoms with E-state index in [4.69, 9.17) is 0 Å². The zero-order valence-electron chi connectivity index (χ0n) is 10.9. The fourth-order valence-corrected chi connectivity index (χ4v) is 2.05. The lowest BCUT2D eigenvalue weighted by Crippen LogP contribution is -2.37. The third-order valence-corrected chi connectivity index (χ3v) is 3.23. The fraction of sp³-hybridized carbons (Fsp3) is 0.429. The third kappa shape index (κ3) is 3.53. The number of hydrogen-bond donors (Lipinski definition) is 1. The first-order valence-electron chi connectivity index (χ1n) is 6.36. The summed E-state index contributed by atoms with van der Waals surface area (Å²) in [5.74, 6) is -0.464. The minimum Gasteiger partial charge on any atom is -0.350 e. The summed E-state index contributed by atoms with van der Waals surface area (Å²) in [7, 11) is 0. The molecule has 1 heterocycles. The topological polar surface area (TPSA) is 49.4 Å². The van der Waals surface area contributed by atoms with Gasteiger partial charge in [-0.15, -0.1) is 0 Å². The first-order valence-corrected chi connectivity index (χ1v) is 6.36. The van der Waals surface area contributed by atoms with Gasteiger partial charge in [-0.25, -0.2) is 4.39 Å². The summed E-state index contributed by atoms with van der Waals surface area (Å²) >= 11 is 0. The fourth-order valence-electron chi connectivity index (χ4n) is 2.05. The maximum atomic E-state index is 13.3. The Balaban J connectivity index is 1.82. The molecule has 0 saturated carbocycles. The third-order valence-electron chi connectivity index (χ3n) is 3.23. The van der Waals surface area contributed by atoms with Gasteiger partial charge in [-0.1, -0.05) is 12.1 Å². The molecule has 2 rings (SSSR count). The van der Waals surface area contributed by atoms with E-state index in [-0.39, 0.29) is 30.7 Å². The van der Waals surface area contributed by atoms with Gasteiger partial charge in [0.15, 0.2) is 0 Å². The number of hydrogen-bond acceptors (Lipinski definition) is 2. The molecule has 102 valence electrons. The summed E-state index contributed by atoms with van der Waals surface area (Å²) in [5, 5.41) is 2.69. The number of halogens is 1. The van der Waals surface area contributed by atoms with Gasteiger partial charge in [0.25, 0.3) is 0 Å². The molecule has 1 aliphatic heterocycles.